The number of amides is 1. The molecule has 0 aliphatic heterocycles. The van der Waals surface area contributed by atoms with Crippen molar-refractivity contribution in [2.45, 2.75) is 13.2 Å². The molecular formula is C15H13F2NO3. The summed E-state index contributed by atoms with van der Waals surface area (Å²) in [4.78, 5) is 12.0. The lowest BCUT2D eigenvalue weighted by molar-refractivity contribution is -0.0493. The van der Waals surface area contributed by atoms with E-state index in [-0.39, 0.29) is 18.0 Å². The Labute approximate surface area is 120 Å². The molecule has 0 aromatic heterocycles. The molecule has 0 bridgehead atoms. The molecule has 2 N–H and O–H groups in total. The van der Waals surface area contributed by atoms with Gasteiger partial charge in [0, 0.05) is 5.56 Å². The Kier molecular flexibility index (Phi) is 4.84. The molecule has 0 aliphatic rings. The molecule has 0 aliphatic carbocycles. The van der Waals surface area contributed by atoms with Crippen molar-refractivity contribution in [2.24, 2.45) is 0 Å². The number of para-hydroxylation sites is 2. The molecule has 0 saturated heterocycles. The van der Waals surface area contributed by atoms with Crippen LogP contribution in [0.1, 0.15) is 15.9 Å². The molecule has 0 spiro atoms. The van der Waals surface area contributed by atoms with Crippen LogP contribution >= 0.6 is 0 Å². The first-order chi connectivity index (χ1) is 10.1. The summed E-state index contributed by atoms with van der Waals surface area (Å²) in [7, 11) is 0. The number of aliphatic hydroxyl groups excluding tert-OH is 1. The van der Waals surface area contributed by atoms with Crippen LogP contribution in [0.4, 0.5) is 14.5 Å². The highest BCUT2D eigenvalue weighted by atomic mass is 19.3. The molecule has 4 nitrogen and oxygen atoms in total. The lowest BCUT2D eigenvalue weighted by Gasteiger charge is -2.11. The zero-order valence-electron chi connectivity index (χ0n) is 10.9. The van der Waals surface area contributed by atoms with E-state index in [0.29, 0.717) is 11.1 Å². The van der Waals surface area contributed by atoms with Gasteiger partial charge in [-0.05, 0) is 29.8 Å². The van der Waals surface area contributed by atoms with E-state index in [4.69, 9.17) is 5.11 Å². The molecule has 2 aromatic rings. The van der Waals surface area contributed by atoms with Crippen LogP contribution in [0, 0.1) is 0 Å². The minimum atomic E-state index is -2.97. The standard InChI is InChI=1S/C15H13F2NO3/c16-15(17)21-13-4-2-1-3-12(13)18-14(20)11-7-5-10(9-19)6-8-11/h1-8,15,19H,9H2,(H,18,20). The van der Waals surface area contributed by atoms with Crippen LogP contribution in [-0.2, 0) is 6.61 Å². The van der Waals surface area contributed by atoms with Crippen LogP contribution in [-0.4, -0.2) is 17.6 Å². The van der Waals surface area contributed by atoms with Gasteiger partial charge in [0.05, 0.1) is 12.3 Å². The van der Waals surface area contributed by atoms with Gasteiger partial charge < -0.3 is 15.2 Å². The zero-order chi connectivity index (χ0) is 15.2. The Balaban J connectivity index is 2.15. The Morgan fingerprint density at radius 3 is 2.43 bits per heavy atom. The molecule has 0 unspecified atom stereocenters. The SMILES string of the molecule is O=C(Nc1ccccc1OC(F)F)c1ccc(CO)cc1. The summed E-state index contributed by atoms with van der Waals surface area (Å²) in [6.07, 6.45) is 0. The van der Waals surface area contributed by atoms with E-state index in [2.05, 4.69) is 10.1 Å². The fourth-order valence-corrected chi connectivity index (χ4v) is 1.72. The smallest absolute Gasteiger partial charge is 0.387 e. The highest BCUT2D eigenvalue weighted by Gasteiger charge is 2.12. The molecule has 2 aromatic carbocycles. The molecule has 0 atom stereocenters. The highest BCUT2D eigenvalue weighted by Crippen LogP contribution is 2.26. The maximum absolute atomic E-state index is 12.3. The van der Waals surface area contributed by atoms with E-state index in [1.54, 1.807) is 18.2 Å². The third-order valence-corrected chi connectivity index (χ3v) is 2.75. The highest BCUT2D eigenvalue weighted by molar-refractivity contribution is 6.05. The molecule has 0 fully saturated rings. The van der Waals surface area contributed by atoms with Crippen LogP contribution in [0.2, 0.25) is 0 Å². The second-order valence-corrected chi connectivity index (χ2v) is 4.18. The van der Waals surface area contributed by atoms with Crippen molar-refractivity contribution in [3.05, 3.63) is 59.7 Å². The Hall–Kier alpha value is -2.47. The monoisotopic (exact) mass is 293 g/mol. The minimum absolute atomic E-state index is 0.104. The predicted octanol–water partition coefficient (Wildman–Crippen LogP) is 3.03. The van der Waals surface area contributed by atoms with Crippen molar-refractivity contribution >= 4 is 11.6 Å². The second kappa shape index (κ2) is 6.81. The van der Waals surface area contributed by atoms with Gasteiger partial charge in [-0.15, -0.1) is 0 Å². The lowest BCUT2D eigenvalue weighted by Crippen LogP contribution is -2.13. The van der Waals surface area contributed by atoms with E-state index in [1.807, 2.05) is 0 Å². The van der Waals surface area contributed by atoms with Gasteiger partial charge in [0.2, 0.25) is 0 Å². The summed E-state index contributed by atoms with van der Waals surface area (Å²) in [5.41, 5.74) is 1.18. The fraction of sp³-hybridized carbons (Fsp3) is 0.133. The molecule has 0 saturated carbocycles. The molecule has 0 heterocycles. The summed E-state index contributed by atoms with van der Waals surface area (Å²) in [6, 6.07) is 12.2. The summed E-state index contributed by atoms with van der Waals surface area (Å²) in [6.45, 7) is -3.08. The Bertz CT molecular complexity index is 615. The predicted molar refractivity (Wildman–Crippen MR) is 73.4 cm³/mol. The Morgan fingerprint density at radius 1 is 1.14 bits per heavy atom. The molecule has 0 radical (unpaired) electrons. The number of halogens is 2. The van der Waals surface area contributed by atoms with E-state index in [0.717, 1.165) is 0 Å². The van der Waals surface area contributed by atoms with Gasteiger partial charge >= 0.3 is 6.61 Å². The van der Waals surface area contributed by atoms with Gasteiger partial charge in [0.15, 0.2) is 0 Å². The Morgan fingerprint density at radius 2 is 1.81 bits per heavy atom. The number of carbonyl (C=O) groups is 1. The van der Waals surface area contributed by atoms with E-state index < -0.39 is 12.5 Å². The normalized spacial score (nSPS) is 10.5. The van der Waals surface area contributed by atoms with Crippen molar-refractivity contribution in [1.82, 2.24) is 0 Å². The van der Waals surface area contributed by atoms with Gasteiger partial charge in [-0.1, -0.05) is 24.3 Å². The quantitative estimate of drug-likeness (QED) is 0.891. The fourth-order valence-electron chi connectivity index (χ4n) is 1.72. The van der Waals surface area contributed by atoms with Crippen LogP contribution in [0.25, 0.3) is 0 Å². The number of benzene rings is 2. The summed E-state index contributed by atoms with van der Waals surface area (Å²) < 4.78 is 28.9. The van der Waals surface area contributed by atoms with Crippen molar-refractivity contribution in [3.8, 4) is 5.75 Å². The maximum Gasteiger partial charge on any atom is 0.387 e. The molecular weight excluding hydrogens is 280 g/mol. The molecule has 110 valence electrons. The molecule has 21 heavy (non-hydrogen) atoms. The zero-order valence-corrected chi connectivity index (χ0v) is 10.9. The third kappa shape index (κ3) is 4.00. The average Bonchev–Trinajstić information content (AvgIpc) is 2.49. The summed E-state index contributed by atoms with van der Waals surface area (Å²) >= 11 is 0. The van der Waals surface area contributed by atoms with Crippen LogP contribution in [0.3, 0.4) is 0 Å². The van der Waals surface area contributed by atoms with Crippen molar-refractivity contribution in [2.75, 3.05) is 5.32 Å². The summed E-state index contributed by atoms with van der Waals surface area (Å²) in [5, 5.41) is 11.4. The van der Waals surface area contributed by atoms with Crippen LogP contribution in [0.5, 0.6) is 5.75 Å². The van der Waals surface area contributed by atoms with Crippen LogP contribution in [0.15, 0.2) is 48.5 Å². The molecule has 2 rings (SSSR count). The second-order valence-electron chi connectivity index (χ2n) is 4.18. The van der Waals surface area contributed by atoms with E-state index in [1.165, 1.54) is 30.3 Å². The van der Waals surface area contributed by atoms with Crippen LogP contribution < -0.4 is 10.1 Å². The number of carbonyl (C=O) groups excluding carboxylic acids is 1. The minimum Gasteiger partial charge on any atom is -0.433 e. The largest absolute Gasteiger partial charge is 0.433 e. The van der Waals surface area contributed by atoms with E-state index in [9.17, 15) is 13.6 Å². The van der Waals surface area contributed by atoms with Gasteiger partial charge in [0.25, 0.3) is 5.91 Å². The number of rotatable bonds is 5. The maximum atomic E-state index is 12.3. The number of hydrogen-bond donors (Lipinski definition) is 2. The van der Waals surface area contributed by atoms with Gasteiger partial charge in [0.1, 0.15) is 5.75 Å². The average molecular weight is 293 g/mol. The first-order valence-electron chi connectivity index (χ1n) is 6.15. The lowest BCUT2D eigenvalue weighted by atomic mass is 10.1. The molecule has 6 heteroatoms. The van der Waals surface area contributed by atoms with Gasteiger partial charge in [-0.25, -0.2) is 0 Å². The number of nitrogens with one attached hydrogen (secondary N) is 1. The van der Waals surface area contributed by atoms with Gasteiger partial charge in [-0.3, -0.25) is 4.79 Å². The van der Waals surface area contributed by atoms with E-state index >= 15 is 0 Å². The number of aliphatic hydroxyl groups is 1. The number of alkyl halides is 2. The molecule has 1 amide bonds. The topological polar surface area (TPSA) is 58.6 Å². The van der Waals surface area contributed by atoms with Crippen molar-refractivity contribution in [1.29, 1.82) is 0 Å². The first kappa shape index (κ1) is 14.9. The third-order valence-electron chi connectivity index (χ3n) is 2.75. The number of ether oxygens (including phenoxy) is 1. The number of anilines is 1. The van der Waals surface area contributed by atoms with Gasteiger partial charge in [-0.2, -0.15) is 8.78 Å². The van der Waals surface area contributed by atoms with Crippen molar-refractivity contribution < 1.29 is 23.4 Å². The number of hydrogen-bond acceptors (Lipinski definition) is 3. The van der Waals surface area contributed by atoms with Crippen molar-refractivity contribution in [3.63, 3.8) is 0 Å². The summed E-state index contributed by atoms with van der Waals surface area (Å²) in [5.74, 6) is -0.558. The first-order valence-corrected chi connectivity index (χ1v) is 6.15.